The highest BCUT2D eigenvalue weighted by Crippen LogP contribution is 2.40. The number of carbonyl (C=O) groups excluding carboxylic acids is 1. The normalized spacial score (nSPS) is 20.0. The maximum Gasteiger partial charge on any atom is 0.252 e. The summed E-state index contributed by atoms with van der Waals surface area (Å²) in [6, 6.07) is 7.19. The number of nitrogens with one attached hydrogen (secondary N) is 3. The van der Waals surface area contributed by atoms with Gasteiger partial charge in [-0.25, -0.2) is 24.0 Å². The minimum atomic E-state index is -0.916. The van der Waals surface area contributed by atoms with Crippen molar-refractivity contribution in [2.24, 2.45) is 0 Å². The second-order valence-corrected chi connectivity index (χ2v) is 10.0. The van der Waals surface area contributed by atoms with Crippen molar-refractivity contribution in [2.75, 3.05) is 12.4 Å². The molecule has 0 aromatic carbocycles. The van der Waals surface area contributed by atoms with Crippen molar-refractivity contribution in [3.63, 3.8) is 0 Å². The zero-order valence-electron chi connectivity index (χ0n) is 22.4. The van der Waals surface area contributed by atoms with E-state index in [1.807, 2.05) is 39.0 Å². The number of H-pyrrole nitrogens is 1. The van der Waals surface area contributed by atoms with Crippen LogP contribution in [0, 0.1) is 19.7 Å². The number of halogens is 1. The van der Waals surface area contributed by atoms with Crippen LogP contribution in [0.5, 0.6) is 0 Å². The summed E-state index contributed by atoms with van der Waals surface area (Å²) >= 11 is 0. The fourth-order valence-corrected chi connectivity index (χ4v) is 4.99. The summed E-state index contributed by atoms with van der Waals surface area (Å²) in [5, 5.41) is 17.3. The molecule has 5 rings (SSSR count). The number of rotatable bonds is 8. The smallest absolute Gasteiger partial charge is 0.252 e. The number of hydrogen-bond acceptors (Lipinski definition) is 8. The molecule has 4 aromatic rings. The molecule has 11 nitrogen and oxygen atoms in total. The Morgan fingerprint density at radius 2 is 2.00 bits per heavy atom. The molecule has 39 heavy (non-hydrogen) atoms. The standard InChI is InChI=1S/C27H32FN9O2/c1-16-11-22(33-26(31-16)34-23-12-17(2)35-36-23)19-7-9-27(39-4,10-8-19)25(38)32-18(3)20-5-6-24(29-13-20)37-15-21(28)14-30-37/h5-6,11-15,18-19H,7-10H2,1-4H3,(H,32,38)(H2,31,33,34,35,36)/t18-,19?,27?/m0/s1. The molecular formula is C27H32FN9O2. The van der Waals surface area contributed by atoms with Crippen LogP contribution in [0.25, 0.3) is 5.82 Å². The average molecular weight is 534 g/mol. The van der Waals surface area contributed by atoms with Gasteiger partial charge in [0.1, 0.15) is 5.60 Å². The number of hydrogen-bond donors (Lipinski definition) is 3. The Labute approximate surface area is 225 Å². The summed E-state index contributed by atoms with van der Waals surface area (Å²) in [4.78, 5) is 27.0. The largest absolute Gasteiger partial charge is 0.368 e. The first-order chi connectivity index (χ1) is 18.7. The molecule has 0 radical (unpaired) electrons. The molecule has 4 heterocycles. The summed E-state index contributed by atoms with van der Waals surface area (Å²) in [7, 11) is 1.59. The van der Waals surface area contributed by atoms with E-state index < -0.39 is 11.4 Å². The lowest BCUT2D eigenvalue weighted by Crippen LogP contribution is -2.50. The summed E-state index contributed by atoms with van der Waals surface area (Å²) < 4.78 is 20.5. The van der Waals surface area contributed by atoms with Crippen LogP contribution in [0.4, 0.5) is 16.2 Å². The second kappa shape index (κ2) is 10.9. The topological polar surface area (TPSA) is 136 Å². The Bertz CT molecular complexity index is 1440. The SMILES string of the molecule is COC1(C(=O)N[C@@H](C)c2ccc(-n3cc(F)cn3)nc2)CCC(c2cc(C)nc(Nc3cc(C)[nH]n3)n2)CC1. The number of nitrogens with zero attached hydrogens (tertiary/aromatic N) is 6. The highest BCUT2D eigenvalue weighted by Gasteiger charge is 2.43. The van der Waals surface area contributed by atoms with E-state index >= 15 is 0 Å². The second-order valence-electron chi connectivity index (χ2n) is 10.0. The molecule has 1 atom stereocenters. The molecule has 12 heteroatoms. The molecule has 0 saturated heterocycles. The van der Waals surface area contributed by atoms with Gasteiger partial charge in [0.15, 0.2) is 17.5 Å². The van der Waals surface area contributed by atoms with Crippen molar-refractivity contribution < 1.29 is 13.9 Å². The molecule has 1 saturated carbocycles. The minimum absolute atomic E-state index is 0.149. The first-order valence-electron chi connectivity index (χ1n) is 12.9. The summed E-state index contributed by atoms with van der Waals surface area (Å²) in [6.07, 6.45) is 6.68. The molecule has 0 spiro atoms. The van der Waals surface area contributed by atoms with E-state index in [4.69, 9.17) is 9.72 Å². The molecule has 3 N–H and O–H groups in total. The van der Waals surface area contributed by atoms with Crippen LogP contribution < -0.4 is 10.6 Å². The van der Waals surface area contributed by atoms with Gasteiger partial charge in [-0.15, -0.1) is 0 Å². The van der Waals surface area contributed by atoms with Crippen LogP contribution in [-0.2, 0) is 9.53 Å². The van der Waals surface area contributed by atoms with Crippen LogP contribution in [0.3, 0.4) is 0 Å². The van der Waals surface area contributed by atoms with E-state index in [0.29, 0.717) is 30.4 Å². The highest BCUT2D eigenvalue weighted by atomic mass is 19.1. The molecule has 1 amide bonds. The Morgan fingerprint density at radius 1 is 1.21 bits per heavy atom. The molecule has 1 aliphatic rings. The fourth-order valence-electron chi connectivity index (χ4n) is 4.99. The number of methoxy groups -OCH3 is 1. The molecule has 4 aromatic heterocycles. The number of amides is 1. The number of ether oxygens (including phenoxy) is 1. The van der Waals surface area contributed by atoms with Crippen LogP contribution in [0.2, 0.25) is 0 Å². The third-order valence-corrected chi connectivity index (χ3v) is 7.24. The van der Waals surface area contributed by atoms with E-state index in [0.717, 1.165) is 41.7 Å². The van der Waals surface area contributed by atoms with Crippen molar-refractivity contribution >= 4 is 17.7 Å². The summed E-state index contributed by atoms with van der Waals surface area (Å²) in [6.45, 7) is 5.77. The first-order valence-corrected chi connectivity index (χ1v) is 12.9. The van der Waals surface area contributed by atoms with E-state index in [1.54, 1.807) is 19.4 Å². The molecule has 0 unspecified atom stereocenters. The minimum Gasteiger partial charge on any atom is -0.368 e. The number of carbonyl (C=O) groups is 1. The Hall–Kier alpha value is -4.19. The van der Waals surface area contributed by atoms with Crippen molar-refractivity contribution in [2.45, 2.75) is 64.0 Å². The summed E-state index contributed by atoms with van der Waals surface area (Å²) in [5.41, 5.74) is 2.66. The Kier molecular flexibility index (Phi) is 7.38. The van der Waals surface area contributed by atoms with Gasteiger partial charge in [-0.2, -0.15) is 10.2 Å². The lowest BCUT2D eigenvalue weighted by molar-refractivity contribution is -0.148. The van der Waals surface area contributed by atoms with Crippen LogP contribution in [0.15, 0.2) is 42.9 Å². The number of pyridine rings is 1. The van der Waals surface area contributed by atoms with Gasteiger partial charge >= 0.3 is 0 Å². The number of aromatic nitrogens is 7. The van der Waals surface area contributed by atoms with Crippen molar-refractivity contribution in [1.82, 2.24) is 40.2 Å². The lowest BCUT2D eigenvalue weighted by atomic mass is 9.76. The molecule has 1 aliphatic carbocycles. The monoisotopic (exact) mass is 533 g/mol. The highest BCUT2D eigenvalue weighted by molar-refractivity contribution is 5.85. The van der Waals surface area contributed by atoms with Gasteiger partial charge in [-0.05, 0) is 64.2 Å². The predicted molar refractivity (Wildman–Crippen MR) is 142 cm³/mol. The van der Waals surface area contributed by atoms with Crippen LogP contribution >= 0.6 is 0 Å². The number of anilines is 2. The van der Waals surface area contributed by atoms with Gasteiger partial charge in [0, 0.05) is 42.4 Å². The van der Waals surface area contributed by atoms with E-state index in [9.17, 15) is 9.18 Å². The van der Waals surface area contributed by atoms with Crippen LogP contribution in [-0.4, -0.2) is 53.5 Å². The summed E-state index contributed by atoms with van der Waals surface area (Å²) in [5.74, 6) is 1.26. The molecule has 0 aliphatic heterocycles. The lowest BCUT2D eigenvalue weighted by Gasteiger charge is -2.38. The quantitative estimate of drug-likeness (QED) is 0.307. The van der Waals surface area contributed by atoms with E-state index in [-0.39, 0.29) is 17.9 Å². The third-order valence-electron chi connectivity index (χ3n) is 7.24. The zero-order valence-corrected chi connectivity index (χ0v) is 22.4. The Balaban J connectivity index is 1.22. The van der Waals surface area contributed by atoms with Crippen LogP contribution in [0.1, 0.15) is 67.2 Å². The van der Waals surface area contributed by atoms with Crippen molar-refractivity contribution in [3.05, 3.63) is 71.3 Å². The zero-order chi connectivity index (χ0) is 27.6. The van der Waals surface area contributed by atoms with E-state index in [1.165, 1.54) is 10.9 Å². The maximum atomic E-state index is 13.4. The molecule has 204 valence electrons. The van der Waals surface area contributed by atoms with Gasteiger partial charge in [-0.1, -0.05) is 6.07 Å². The maximum absolute atomic E-state index is 13.4. The van der Waals surface area contributed by atoms with Gasteiger partial charge < -0.3 is 15.4 Å². The van der Waals surface area contributed by atoms with E-state index in [2.05, 4.69) is 35.9 Å². The molecule has 0 bridgehead atoms. The van der Waals surface area contributed by atoms with Crippen molar-refractivity contribution in [1.29, 1.82) is 0 Å². The fraction of sp³-hybridized carbons (Fsp3) is 0.407. The first kappa shape index (κ1) is 26.4. The molecular weight excluding hydrogens is 501 g/mol. The van der Waals surface area contributed by atoms with Gasteiger partial charge in [-0.3, -0.25) is 9.89 Å². The number of aromatic amines is 1. The Morgan fingerprint density at radius 3 is 2.62 bits per heavy atom. The third kappa shape index (κ3) is 5.80. The van der Waals surface area contributed by atoms with Gasteiger partial charge in [0.2, 0.25) is 5.95 Å². The number of aryl methyl sites for hydroxylation is 2. The van der Waals surface area contributed by atoms with Gasteiger partial charge in [0.05, 0.1) is 18.4 Å². The van der Waals surface area contributed by atoms with Gasteiger partial charge in [0.25, 0.3) is 5.91 Å². The average Bonchev–Trinajstić information content (AvgIpc) is 3.55. The predicted octanol–water partition coefficient (Wildman–Crippen LogP) is 4.20. The van der Waals surface area contributed by atoms with Crippen molar-refractivity contribution in [3.8, 4) is 5.82 Å². The molecule has 1 fully saturated rings.